The van der Waals surface area contributed by atoms with Gasteiger partial charge in [0.2, 0.25) is 0 Å². The van der Waals surface area contributed by atoms with Crippen LogP contribution < -0.4 is 0 Å². The minimum absolute atomic E-state index is 0.0978. The molecule has 0 aromatic rings. The predicted molar refractivity (Wildman–Crippen MR) is 74.6 cm³/mol. The molecule has 2 rings (SSSR count). The van der Waals surface area contributed by atoms with Crippen molar-refractivity contribution in [2.45, 2.75) is 89.9 Å². The van der Waals surface area contributed by atoms with Gasteiger partial charge in [-0.2, -0.15) is 0 Å². The fraction of sp³-hybridized carbons (Fsp3) is 1.00. The zero-order valence-corrected chi connectivity index (χ0v) is 12.2. The molecule has 0 aromatic heterocycles. The molecule has 2 aliphatic rings. The van der Waals surface area contributed by atoms with E-state index in [1.807, 2.05) is 0 Å². The maximum atomic E-state index is 6.12. The number of rotatable bonds is 8. The molecule has 0 aliphatic carbocycles. The van der Waals surface area contributed by atoms with Crippen molar-refractivity contribution in [1.82, 2.24) is 0 Å². The van der Waals surface area contributed by atoms with E-state index in [-0.39, 0.29) is 11.9 Å². The van der Waals surface area contributed by atoms with Crippen LogP contribution in [-0.4, -0.2) is 18.5 Å². The van der Waals surface area contributed by atoms with Gasteiger partial charge in [0.15, 0.2) is 6.29 Å². The molecule has 2 saturated heterocycles. The Hall–Kier alpha value is -0.0800. The van der Waals surface area contributed by atoms with Crippen molar-refractivity contribution in [3.05, 3.63) is 0 Å². The lowest BCUT2D eigenvalue weighted by Crippen LogP contribution is -2.38. The van der Waals surface area contributed by atoms with Gasteiger partial charge >= 0.3 is 0 Å². The van der Waals surface area contributed by atoms with Gasteiger partial charge in [-0.15, -0.1) is 0 Å². The second-order valence-electron chi connectivity index (χ2n) is 6.37. The van der Waals surface area contributed by atoms with Gasteiger partial charge in [-0.3, -0.25) is 0 Å². The van der Waals surface area contributed by atoms with Crippen molar-refractivity contribution >= 4 is 0 Å². The third-order valence-electron chi connectivity index (χ3n) is 4.63. The standard InChI is InChI=1S/C16H30O2/c1-3-4-5-6-7-8-9-11-16-12-10-14(2)15(18-16)17-13-16/h14-15H,3-13H2,1-2H3/t14?,15-,16+/m1/s1. The summed E-state index contributed by atoms with van der Waals surface area (Å²) in [4.78, 5) is 0. The molecule has 2 heterocycles. The second kappa shape index (κ2) is 6.91. The molecule has 2 heteroatoms. The first-order chi connectivity index (χ1) is 8.76. The van der Waals surface area contributed by atoms with Gasteiger partial charge in [-0.1, -0.05) is 58.8 Å². The lowest BCUT2D eigenvalue weighted by Gasteiger charge is -2.34. The highest BCUT2D eigenvalue weighted by atomic mass is 16.7. The van der Waals surface area contributed by atoms with Gasteiger partial charge in [0, 0.05) is 5.92 Å². The summed E-state index contributed by atoms with van der Waals surface area (Å²) in [5.74, 6) is 0.592. The van der Waals surface area contributed by atoms with Gasteiger partial charge < -0.3 is 9.47 Å². The van der Waals surface area contributed by atoms with Crippen LogP contribution in [0.15, 0.2) is 0 Å². The van der Waals surface area contributed by atoms with Crippen LogP contribution in [0.2, 0.25) is 0 Å². The molecule has 2 bridgehead atoms. The van der Waals surface area contributed by atoms with Crippen molar-refractivity contribution in [2.75, 3.05) is 6.61 Å². The molecule has 1 unspecified atom stereocenters. The van der Waals surface area contributed by atoms with Crippen molar-refractivity contribution in [3.8, 4) is 0 Å². The maximum absolute atomic E-state index is 6.12. The Balaban J connectivity index is 1.57. The first-order valence-electron chi connectivity index (χ1n) is 8.05. The maximum Gasteiger partial charge on any atom is 0.161 e. The molecule has 2 aliphatic heterocycles. The molecular formula is C16H30O2. The normalized spacial score (nSPS) is 35.0. The quantitative estimate of drug-likeness (QED) is 0.586. The smallest absolute Gasteiger partial charge is 0.161 e. The summed E-state index contributed by atoms with van der Waals surface area (Å²) in [5.41, 5.74) is 0.0978. The number of unbranched alkanes of at least 4 members (excludes halogenated alkanes) is 6. The Morgan fingerprint density at radius 3 is 2.56 bits per heavy atom. The summed E-state index contributed by atoms with van der Waals surface area (Å²) in [6, 6.07) is 0. The molecule has 0 radical (unpaired) electrons. The summed E-state index contributed by atoms with van der Waals surface area (Å²) in [7, 11) is 0. The molecule has 2 fully saturated rings. The highest BCUT2D eigenvalue weighted by molar-refractivity contribution is 4.91. The van der Waals surface area contributed by atoms with E-state index in [0.29, 0.717) is 5.92 Å². The Bertz CT molecular complexity index is 241. The molecule has 0 aromatic carbocycles. The van der Waals surface area contributed by atoms with Crippen LogP contribution in [-0.2, 0) is 9.47 Å². The van der Waals surface area contributed by atoms with Gasteiger partial charge in [-0.05, 0) is 19.3 Å². The van der Waals surface area contributed by atoms with Gasteiger partial charge in [0.25, 0.3) is 0 Å². The van der Waals surface area contributed by atoms with Crippen LogP contribution in [0.25, 0.3) is 0 Å². The fourth-order valence-electron chi connectivity index (χ4n) is 3.25. The van der Waals surface area contributed by atoms with E-state index in [0.717, 1.165) is 6.61 Å². The van der Waals surface area contributed by atoms with Crippen LogP contribution in [0.4, 0.5) is 0 Å². The third kappa shape index (κ3) is 3.71. The Morgan fingerprint density at radius 2 is 1.78 bits per heavy atom. The van der Waals surface area contributed by atoms with Crippen LogP contribution in [0.3, 0.4) is 0 Å². The summed E-state index contributed by atoms with van der Waals surface area (Å²) >= 11 is 0. The largest absolute Gasteiger partial charge is 0.349 e. The van der Waals surface area contributed by atoms with E-state index in [1.54, 1.807) is 0 Å². The average Bonchev–Trinajstić information content (AvgIpc) is 2.74. The van der Waals surface area contributed by atoms with Crippen LogP contribution >= 0.6 is 0 Å². The van der Waals surface area contributed by atoms with Gasteiger partial charge in [0.05, 0.1) is 12.2 Å². The fourth-order valence-corrected chi connectivity index (χ4v) is 3.25. The molecule has 0 spiro atoms. The van der Waals surface area contributed by atoms with Gasteiger partial charge in [0.1, 0.15) is 0 Å². The van der Waals surface area contributed by atoms with E-state index in [9.17, 15) is 0 Å². The molecule has 3 atom stereocenters. The first kappa shape index (κ1) is 14.3. The summed E-state index contributed by atoms with van der Waals surface area (Å²) in [6.07, 6.45) is 13.5. The number of hydrogen-bond donors (Lipinski definition) is 0. The topological polar surface area (TPSA) is 18.5 Å². The van der Waals surface area contributed by atoms with Crippen LogP contribution in [0.5, 0.6) is 0 Å². The summed E-state index contributed by atoms with van der Waals surface area (Å²) in [5, 5.41) is 0. The lowest BCUT2D eigenvalue weighted by atomic mass is 9.87. The monoisotopic (exact) mass is 254 g/mol. The van der Waals surface area contributed by atoms with Crippen molar-refractivity contribution in [1.29, 1.82) is 0 Å². The summed E-state index contributed by atoms with van der Waals surface area (Å²) in [6.45, 7) is 5.36. The van der Waals surface area contributed by atoms with E-state index in [2.05, 4.69) is 13.8 Å². The number of fused-ring (bicyclic) bond motifs is 2. The molecule has 0 N–H and O–H groups in total. The zero-order valence-electron chi connectivity index (χ0n) is 12.2. The van der Waals surface area contributed by atoms with E-state index >= 15 is 0 Å². The molecular weight excluding hydrogens is 224 g/mol. The second-order valence-corrected chi connectivity index (χ2v) is 6.37. The Morgan fingerprint density at radius 1 is 1.06 bits per heavy atom. The number of ether oxygens (including phenoxy) is 2. The highest BCUT2D eigenvalue weighted by Crippen LogP contribution is 2.42. The first-order valence-corrected chi connectivity index (χ1v) is 8.05. The summed E-state index contributed by atoms with van der Waals surface area (Å²) < 4.78 is 11.9. The number of hydrogen-bond acceptors (Lipinski definition) is 2. The molecule has 106 valence electrons. The highest BCUT2D eigenvalue weighted by Gasteiger charge is 2.46. The van der Waals surface area contributed by atoms with Crippen LogP contribution in [0.1, 0.15) is 78.1 Å². The molecule has 0 amide bonds. The predicted octanol–water partition coefficient (Wildman–Crippen LogP) is 4.67. The van der Waals surface area contributed by atoms with Gasteiger partial charge in [-0.25, -0.2) is 0 Å². The van der Waals surface area contributed by atoms with Crippen molar-refractivity contribution < 1.29 is 9.47 Å². The Kier molecular flexibility index (Phi) is 5.50. The SMILES string of the molecule is CCCCCCCCC[C@]12CCC(C)[C@H](OC1)O2. The van der Waals surface area contributed by atoms with Crippen molar-refractivity contribution in [3.63, 3.8) is 0 Å². The molecule has 0 saturated carbocycles. The molecule has 18 heavy (non-hydrogen) atoms. The minimum atomic E-state index is 0.0978. The average molecular weight is 254 g/mol. The van der Waals surface area contributed by atoms with Crippen molar-refractivity contribution in [2.24, 2.45) is 5.92 Å². The minimum Gasteiger partial charge on any atom is -0.349 e. The van der Waals surface area contributed by atoms with E-state index in [4.69, 9.17) is 9.47 Å². The van der Waals surface area contributed by atoms with Crippen LogP contribution in [0, 0.1) is 5.92 Å². The zero-order chi connectivity index (χ0) is 12.8. The Labute approximate surface area is 112 Å². The lowest BCUT2D eigenvalue weighted by molar-refractivity contribution is -0.150. The third-order valence-corrected chi connectivity index (χ3v) is 4.63. The van der Waals surface area contributed by atoms with E-state index < -0.39 is 0 Å². The van der Waals surface area contributed by atoms with E-state index in [1.165, 1.54) is 64.2 Å². The molecule has 2 nitrogen and oxygen atoms in total.